The monoisotopic (exact) mass is 310 g/mol. The van der Waals surface area contributed by atoms with Crippen molar-refractivity contribution in [3.8, 4) is 0 Å². The zero-order valence-corrected chi connectivity index (χ0v) is 12.1. The van der Waals surface area contributed by atoms with Gasteiger partial charge in [0, 0.05) is 9.35 Å². The summed E-state index contributed by atoms with van der Waals surface area (Å²) in [5.41, 5.74) is 2.17. The van der Waals surface area contributed by atoms with Crippen LogP contribution in [0.25, 0.3) is 0 Å². The summed E-state index contributed by atoms with van der Waals surface area (Å²) in [6, 6.07) is 10.2. The van der Waals surface area contributed by atoms with Gasteiger partial charge in [-0.1, -0.05) is 28.1 Å². The SMILES string of the molecule is Cc1ccc(Br)cc1C(O)CCc1cccs1. The van der Waals surface area contributed by atoms with E-state index in [9.17, 15) is 5.11 Å². The van der Waals surface area contributed by atoms with Crippen LogP contribution in [0.4, 0.5) is 0 Å². The van der Waals surface area contributed by atoms with E-state index in [-0.39, 0.29) is 6.10 Å². The second kappa shape index (κ2) is 5.80. The maximum Gasteiger partial charge on any atom is 0.0796 e. The maximum atomic E-state index is 10.2. The molecule has 1 nitrogen and oxygen atoms in total. The molecule has 2 aromatic rings. The lowest BCUT2D eigenvalue weighted by Gasteiger charge is -2.13. The molecular formula is C14H15BrOS. The smallest absolute Gasteiger partial charge is 0.0796 e. The number of aryl methyl sites for hydroxylation is 2. The van der Waals surface area contributed by atoms with E-state index in [1.54, 1.807) is 11.3 Å². The van der Waals surface area contributed by atoms with E-state index < -0.39 is 0 Å². The van der Waals surface area contributed by atoms with Gasteiger partial charge in [0.25, 0.3) is 0 Å². The van der Waals surface area contributed by atoms with Crippen LogP contribution in [0.1, 0.15) is 28.5 Å². The van der Waals surface area contributed by atoms with E-state index in [4.69, 9.17) is 0 Å². The van der Waals surface area contributed by atoms with Crippen molar-refractivity contribution in [2.24, 2.45) is 0 Å². The molecule has 0 saturated heterocycles. The molecule has 0 bridgehead atoms. The van der Waals surface area contributed by atoms with Gasteiger partial charge in [-0.3, -0.25) is 0 Å². The Balaban J connectivity index is 2.04. The Morgan fingerprint density at radius 1 is 1.35 bits per heavy atom. The predicted octanol–water partition coefficient (Wildman–Crippen LogP) is 4.49. The van der Waals surface area contributed by atoms with Crippen LogP contribution in [0.5, 0.6) is 0 Å². The van der Waals surface area contributed by atoms with E-state index in [1.165, 1.54) is 4.88 Å². The Morgan fingerprint density at radius 2 is 2.18 bits per heavy atom. The summed E-state index contributed by atoms with van der Waals surface area (Å²) in [7, 11) is 0. The predicted molar refractivity (Wildman–Crippen MR) is 76.5 cm³/mol. The number of rotatable bonds is 4. The molecule has 0 fully saturated rings. The highest BCUT2D eigenvalue weighted by atomic mass is 79.9. The van der Waals surface area contributed by atoms with Crippen molar-refractivity contribution in [2.75, 3.05) is 0 Å². The molecule has 1 N–H and O–H groups in total. The number of aliphatic hydroxyl groups excluding tert-OH is 1. The summed E-state index contributed by atoms with van der Waals surface area (Å²) >= 11 is 5.19. The van der Waals surface area contributed by atoms with Crippen LogP contribution in [-0.2, 0) is 6.42 Å². The molecule has 1 aromatic heterocycles. The van der Waals surface area contributed by atoms with Gasteiger partial charge in [0.05, 0.1) is 6.10 Å². The van der Waals surface area contributed by atoms with Crippen molar-refractivity contribution < 1.29 is 5.11 Å². The van der Waals surface area contributed by atoms with Crippen LogP contribution in [0.3, 0.4) is 0 Å². The van der Waals surface area contributed by atoms with Gasteiger partial charge in [-0.15, -0.1) is 11.3 Å². The molecular weight excluding hydrogens is 296 g/mol. The first-order valence-corrected chi connectivity index (χ1v) is 7.30. The Labute approximate surface area is 114 Å². The first-order chi connectivity index (χ1) is 8.16. The second-order valence-electron chi connectivity index (χ2n) is 4.13. The summed E-state index contributed by atoms with van der Waals surface area (Å²) in [5, 5.41) is 12.3. The zero-order valence-electron chi connectivity index (χ0n) is 9.69. The highest BCUT2D eigenvalue weighted by molar-refractivity contribution is 9.10. The molecule has 1 atom stereocenters. The van der Waals surface area contributed by atoms with Gasteiger partial charge in [-0.2, -0.15) is 0 Å². The van der Waals surface area contributed by atoms with Gasteiger partial charge in [-0.05, 0) is 54.5 Å². The normalized spacial score (nSPS) is 12.6. The number of aliphatic hydroxyl groups is 1. The Kier molecular flexibility index (Phi) is 4.37. The van der Waals surface area contributed by atoms with Crippen molar-refractivity contribution in [1.82, 2.24) is 0 Å². The highest BCUT2D eigenvalue weighted by Crippen LogP contribution is 2.26. The van der Waals surface area contributed by atoms with Gasteiger partial charge in [0.15, 0.2) is 0 Å². The molecule has 3 heteroatoms. The van der Waals surface area contributed by atoms with Gasteiger partial charge in [0.2, 0.25) is 0 Å². The maximum absolute atomic E-state index is 10.2. The molecule has 2 rings (SSSR count). The van der Waals surface area contributed by atoms with Crippen molar-refractivity contribution >= 4 is 27.3 Å². The minimum Gasteiger partial charge on any atom is -0.388 e. The van der Waals surface area contributed by atoms with Crippen molar-refractivity contribution in [3.63, 3.8) is 0 Å². The first kappa shape index (κ1) is 12.8. The molecule has 0 spiro atoms. The molecule has 17 heavy (non-hydrogen) atoms. The minimum absolute atomic E-state index is 0.380. The summed E-state index contributed by atoms with van der Waals surface area (Å²) in [5.74, 6) is 0. The van der Waals surface area contributed by atoms with Gasteiger partial charge < -0.3 is 5.11 Å². The summed E-state index contributed by atoms with van der Waals surface area (Å²) in [4.78, 5) is 1.33. The third kappa shape index (κ3) is 3.41. The molecule has 0 radical (unpaired) electrons. The molecule has 1 unspecified atom stereocenters. The molecule has 0 aliphatic rings. The van der Waals surface area contributed by atoms with Gasteiger partial charge in [-0.25, -0.2) is 0 Å². The fourth-order valence-corrected chi connectivity index (χ4v) is 2.96. The number of benzene rings is 1. The molecule has 90 valence electrons. The Morgan fingerprint density at radius 3 is 2.88 bits per heavy atom. The van der Waals surface area contributed by atoms with Crippen LogP contribution in [0.15, 0.2) is 40.2 Å². The number of hydrogen-bond acceptors (Lipinski definition) is 2. The molecule has 0 aliphatic heterocycles. The van der Waals surface area contributed by atoms with E-state index in [0.717, 1.165) is 28.4 Å². The summed E-state index contributed by atoms with van der Waals surface area (Å²) in [6.07, 6.45) is 1.33. The van der Waals surface area contributed by atoms with E-state index in [0.29, 0.717) is 0 Å². The Bertz CT molecular complexity index is 479. The average molecular weight is 311 g/mol. The average Bonchev–Trinajstić information content (AvgIpc) is 2.82. The van der Waals surface area contributed by atoms with Gasteiger partial charge >= 0.3 is 0 Å². The minimum atomic E-state index is -0.380. The van der Waals surface area contributed by atoms with Crippen molar-refractivity contribution in [1.29, 1.82) is 0 Å². The topological polar surface area (TPSA) is 20.2 Å². The third-order valence-electron chi connectivity index (χ3n) is 2.84. The Hall–Kier alpha value is -0.640. The fourth-order valence-electron chi connectivity index (χ4n) is 1.86. The van der Waals surface area contributed by atoms with E-state index >= 15 is 0 Å². The van der Waals surface area contributed by atoms with E-state index in [1.807, 2.05) is 25.1 Å². The molecule has 0 aliphatic carbocycles. The lowest BCUT2D eigenvalue weighted by Crippen LogP contribution is -2.01. The first-order valence-electron chi connectivity index (χ1n) is 5.63. The summed E-state index contributed by atoms with van der Waals surface area (Å²) in [6.45, 7) is 2.04. The van der Waals surface area contributed by atoms with Crippen LogP contribution in [-0.4, -0.2) is 5.11 Å². The summed E-state index contributed by atoms with van der Waals surface area (Å²) < 4.78 is 1.02. The fraction of sp³-hybridized carbons (Fsp3) is 0.286. The van der Waals surface area contributed by atoms with Crippen LogP contribution < -0.4 is 0 Å². The number of halogens is 1. The van der Waals surface area contributed by atoms with Crippen molar-refractivity contribution in [2.45, 2.75) is 25.9 Å². The van der Waals surface area contributed by atoms with Crippen molar-refractivity contribution in [3.05, 3.63) is 56.2 Å². The standard InChI is InChI=1S/C14H15BrOS/c1-10-4-5-11(15)9-13(10)14(16)7-6-12-3-2-8-17-12/h2-5,8-9,14,16H,6-7H2,1H3. The highest BCUT2D eigenvalue weighted by Gasteiger charge is 2.11. The lowest BCUT2D eigenvalue weighted by molar-refractivity contribution is 0.167. The van der Waals surface area contributed by atoms with Crippen LogP contribution >= 0.6 is 27.3 Å². The number of thiophene rings is 1. The van der Waals surface area contributed by atoms with Crippen LogP contribution in [0.2, 0.25) is 0 Å². The zero-order chi connectivity index (χ0) is 12.3. The largest absolute Gasteiger partial charge is 0.388 e. The molecule has 0 amide bonds. The quantitative estimate of drug-likeness (QED) is 0.882. The molecule has 1 aromatic carbocycles. The number of hydrogen-bond donors (Lipinski definition) is 1. The van der Waals surface area contributed by atoms with Gasteiger partial charge in [0.1, 0.15) is 0 Å². The van der Waals surface area contributed by atoms with Crippen LogP contribution in [0, 0.1) is 6.92 Å². The van der Waals surface area contributed by atoms with E-state index in [2.05, 4.69) is 33.4 Å². The third-order valence-corrected chi connectivity index (χ3v) is 4.27. The molecule has 1 heterocycles. The molecule has 0 saturated carbocycles. The lowest BCUT2D eigenvalue weighted by atomic mass is 10.00. The second-order valence-corrected chi connectivity index (χ2v) is 6.08.